The Labute approximate surface area is 101 Å². The summed E-state index contributed by atoms with van der Waals surface area (Å²) < 4.78 is 4.86. The highest BCUT2D eigenvalue weighted by Crippen LogP contribution is 2.17. The smallest absolute Gasteiger partial charge is 0.125 e. The minimum absolute atomic E-state index is 0.0181. The van der Waals surface area contributed by atoms with Crippen molar-refractivity contribution in [3.8, 4) is 0 Å². The van der Waals surface area contributed by atoms with E-state index in [0.29, 0.717) is 12.1 Å². The molecule has 1 aromatic heterocycles. The van der Waals surface area contributed by atoms with E-state index in [4.69, 9.17) is 15.9 Å². The van der Waals surface area contributed by atoms with Gasteiger partial charge in [-0.2, -0.15) is 0 Å². The Bertz CT molecular complexity index is 383. The quantitative estimate of drug-likeness (QED) is 0.471. The highest BCUT2D eigenvalue weighted by molar-refractivity contribution is 6.00. The second-order valence-corrected chi connectivity index (χ2v) is 3.80. The lowest BCUT2D eigenvalue weighted by atomic mass is 10.2. The first-order chi connectivity index (χ1) is 8.06. The third-order valence-electron chi connectivity index (χ3n) is 2.35. The van der Waals surface area contributed by atoms with Crippen LogP contribution in [0.4, 0.5) is 5.69 Å². The lowest BCUT2D eigenvalue weighted by Crippen LogP contribution is -2.33. The number of anilines is 1. The molecule has 0 aliphatic heterocycles. The van der Waals surface area contributed by atoms with Crippen LogP contribution >= 0.6 is 0 Å². The van der Waals surface area contributed by atoms with Crippen molar-refractivity contribution in [3.05, 3.63) is 24.0 Å². The molecule has 0 aliphatic carbocycles. The molecule has 1 atom stereocenters. The number of nitrogens with zero attached hydrogens (tertiary/aromatic N) is 2. The molecule has 1 aromatic rings. The van der Waals surface area contributed by atoms with Crippen LogP contribution in [-0.2, 0) is 4.74 Å². The van der Waals surface area contributed by atoms with Crippen molar-refractivity contribution < 1.29 is 9.84 Å². The summed E-state index contributed by atoms with van der Waals surface area (Å²) in [5.74, 6) is -0.0181. The van der Waals surface area contributed by atoms with Gasteiger partial charge < -0.3 is 20.5 Å². The van der Waals surface area contributed by atoms with E-state index in [1.165, 1.54) is 7.11 Å². The summed E-state index contributed by atoms with van der Waals surface area (Å²) in [7, 11) is 3.34. The minimum atomic E-state index is -0.593. The molecule has 0 radical (unpaired) electrons. The number of aliphatic hydroxyl groups is 1. The van der Waals surface area contributed by atoms with Crippen molar-refractivity contribution in [2.24, 2.45) is 5.73 Å². The van der Waals surface area contributed by atoms with E-state index in [1.807, 2.05) is 7.05 Å². The number of amidine groups is 1. The third-order valence-corrected chi connectivity index (χ3v) is 2.35. The number of methoxy groups -OCH3 is 1. The van der Waals surface area contributed by atoms with Gasteiger partial charge in [-0.15, -0.1) is 0 Å². The fraction of sp³-hybridized carbons (Fsp3) is 0.455. The monoisotopic (exact) mass is 238 g/mol. The van der Waals surface area contributed by atoms with Gasteiger partial charge in [0.25, 0.3) is 0 Å². The number of rotatable bonds is 6. The highest BCUT2D eigenvalue weighted by atomic mass is 16.5. The Morgan fingerprint density at radius 1 is 1.71 bits per heavy atom. The van der Waals surface area contributed by atoms with Crippen LogP contribution in [0, 0.1) is 5.41 Å². The molecule has 0 spiro atoms. The average molecular weight is 238 g/mol. The predicted molar refractivity (Wildman–Crippen MR) is 66.4 cm³/mol. The Balaban J connectivity index is 2.81. The Kier molecular flexibility index (Phi) is 4.86. The van der Waals surface area contributed by atoms with Crippen LogP contribution in [0.1, 0.15) is 5.56 Å². The molecular formula is C11H18N4O2. The molecule has 0 fully saturated rings. The zero-order chi connectivity index (χ0) is 12.8. The van der Waals surface area contributed by atoms with Gasteiger partial charge in [0.15, 0.2) is 0 Å². The number of nitrogen functional groups attached to an aromatic ring is 1. The maximum absolute atomic E-state index is 9.64. The van der Waals surface area contributed by atoms with Crippen LogP contribution in [0.15, 0.2) is 18.5 Å². The first kappa shape index (κ1) is 13.4. The lowest BCUT2D eigenvalue weighted by Gasteiger charge is -2.24. The molecule has 1 rings (SSSR count). The molecule has 94 valence electrons. The molecule has 4 N–H and O–H groups in total. The van der Waals surface area contributed by atoms with Crippen molar-refractivity contribution in [1.82, 2.24) is 4.98 Å². The standard InChI is InChI=1S/C11H18N4O2/c1-15(6-8(16)7-17-2)10-5-14-4-3-9(10)11(12)13/h3-5,8,16H,6-7H2,1-2H3,(H3,12,13). The molecule has 6 nitrogen and oxygen atoms in total. The van der Waals surface area contributed by atoms with Gasteiger partial charge in [-0.05, 0) is 6.07 Å². The molecule has 1 unspecified atom stereocenters. The van der Waals surface area contributed by atoms with Crippen molar-refractivity contribution in [1.29, 1.82) is 5.41 Å². The summed E-state index contributed by atoms with van der Waals surface area (Å²) in [6.45, 7) is 0.653. The minimum Gasteiger partial charge on any atom is -0.389 e. The molecule has 0 saturated carbocycles. The second-order valence-electron chi connectivity index (χ2n) is 3.80. The number of nitrogens with one attached hydrogen (secondary N) is 1. The number of ether oxygens (including phenoxy) is 1. The molecule has 0 aromatic carbocycles. The Hall–Kier alpha value is -1.66. The van der Waals surface area contributed by atoms with Gasteiger partial charge in [0, 0.05) is 32.5 Å². The van der Waals surface area contributed by atoms with E-state index in [9.17, 15) is 5.11 Å². The van der Waals surface area contributed by atoms with Crippen LogP contribution in [0.25, 0.3) is 0 Å². The topological polar surface area (TPSA) is 95.5 Å². The van der Waals surface area contributed by atoms with E-state index in [0.717, 1.165) is 5.69 Å². The van der Waals surface area contributed by atoms with Crippen LogP contribution in [0.2, 0.25) is 0 Å². The molecule has 0 amide bonds. The van der Waals surface area contributed by atoms with Gasteiger partial charge in [-0.3, -0.25) is 10.4 Å². The Morgan fingerprint density at radius 2 is 2.41 bits per heavy atom. The van der Waals surface area contributed by atoms with Gasteiger partial charge in [0.2, 0.25) is 0 Å². The van der Waals surface area contributed by atoms with Crippen LogP contribution in [0.3, 0.4) is 0 Å². The molecule has 1 heterocycles. The number of likely N-dealkylation sites (N-methyl/N-ethyl adjacent to an activating group) is 1. The van der Waals surface area contributed by atoms with E-state index in [1.54, 1.807) is 23.4 Å². The van der Waals surface area contributed by atoms with Crippen molar-refractivity contribution >= 4 is 11.5 Å². The SMILES string of the molecule is COCC(O)CN(C)c1cnccc1C(=N)N. The summed E-state index contributed by atoms with van der Waals surface area (Å²) in [6, 6.07) is 1.68. The molecule has 6 heteroatoms. The normalized spacial score (nSPS) is 12.2. The van der Waals surface area contributed by atoms with Crippen LogP contribution in [-0.4, -0.2) is 49.3 Å². The summed E-state index contributed by atoms with van der Waals surface area (Å²) in [6.07, 6.45) is 2.61. The van der Waals surface area contributed by atoms with E-state index in [2.05, 4.69) is 4.98 Å². The molecule has 0 bridgehead atoms. The second kappa shape index (κ2) is 6.17. The molecule has 0 aliphatic rings. The van der Waals surface area contributed by atoms with Crippen LogP contribution in [0.5, 0.6) is 0 Å². The Morgan fingerprint density at radius 3 is 3.00 bits per heavy atom. The number of aliphatic hydroxyl groups excluding tert-OH is 1. The number of hydrogen-bond acceptors (Lipinski definition) is 5. The zero-order valence-electron chi connectivity index (χ0n) is 10.1. The predicted octanol–water partition coefficient (Wildman–Crippen LogP) is -0.191. The van der Waals surface area contributed by atoms with Crippen LogP contribution < -0.4 is 10.6 Å². The summed E-state index contributed by atoms with van der Waals surface area (Å²) in [5, 5.41) is 17.1. The van der Waals surface area contributed by atoms with Gasteiger partial charge in [-0.25, -0.2) is 0 Å². The maximum Gasteiger partial charge on any atom is 0.125 e. The fourth-order valence-electron chi connectivity index (χ4n) is 1.58. The molecule has 0 saturated heterocycles. The highest BCUT2D eigenvalue weighted by Gasteiger charge is 2.13. The maximum atomic E-state index is 9.64. The van der Waals surface area contributed by atoms with Gasteiger partial charge in [-0.1, -0.05) is 0 Å². The van der Waals surface area contributed by atoms with Crippen molar-refractivity contribution in [3.63, 3.8) is 0 Å². The molecular weight excluding hydrogens is 220 g/mol. The lowest BCUT2D eigenvalue weighted by molar-refractivity contribution is 0.0695. The first-order valence-corrected chi connectivity index (χ1v) is 5.22. The van der Waals surface area contributed by atoms with E-state index < -0.39 is 6.10 Å². The van der Waals surface area contributed by atoms with Crippen molar-refractivity contribution in [2.45, 2.75) is 6.10 Å². The number of aromatic nitrogens is 1. The zero-order valence-corrected chi connectivity index (χ0v) is 10.1. The number of pyridine rings is 1. The first-order valence-electron chi connectivity index (χ1n) is 5.22. The summed E-state index contributed by atoms with van der Waals surface area (Å²) >= 11 is 0. The summed E-state index contributed by atoms with van der Waals surface area (Å²) in [5.41, 5.74) is 6.81. The van der Waals surface area contributed by atoms with E-state index >= 15 is 0 Å². The number of nitrogens with two attached hydrogens (primary N) is 1. The van der Waals surface area contributed by atoms with E-state index in [-0.39, 0.29) is 12.4 Å². The third kappa shape index (κ3) is 3.69. The average Bonchev–Trinajstić information content (AvgIpc) is 2.29. The largest absolute Gasteiger partial charge is 0.389 e. The number of hydrogen-bond donors (Lipinski definition) is 3. The van der Waals surface area contributed by atoms with Crippen molar-refractivity contribution in [2.75, 3.05) is 32.2 Å². The van der Waals surface area contributed by atoms with Gasteiger partial charge in [0.1, 0.15) is 5.84 Å². The summed E-state index contributed by atoms with van der Waals surface area (Å²) in [4.78, 5) is 5.79. The fourth-order valence-corrected chi connectivity index (χ4v) is 1.58. The van der Waals surface area contributed by atoms with Gasteiger partial charge in [0.05, 0.1) is 24.6 Å². The van der Waals surface area contributed by atoms with Gasteiger partial charge >= 0.3 is 0 Å². The molecule has 17 heavy (non-hydrogen) atoms.